The molecule has 2 aromatic carbocycles. The first-order valence-corrected chi connectivity index (χ1v) is 10.6. The third-order valence-electron chi connectivity index (χ3n) is 5.96. The molecule has 30 heavy (non-hydrogen) atoms. The number of nitrogens with zero attached hydrogens (tertiary/aromatic N) is 1. The fourth-order valence-electron chi connectivity index (χ4n) is 4.32. The number of carbonyl (C=O) groups is 2. The Morgan fingerprint density at radius 2 is 1.93 bits per heavy atom. The summed E-state index contributed by atoms with van der Waals surface area (Å²) in [4.78, 5) is 27.6. The molecule has 2 aliphatic heterocycles. The van der Waals surface area contributed by atoms with Gasteiger partial charge in [-0.05, 0) is 37.3 Å². The highest BCUT2D eigenvalue weighted by Gasteiger charge is 2.47. The lowest BCUT2D eigenvalue weighted by molar-refractivity contribution is -0.140. The number of hydrogen-bond donors (Lipinski definition) is 1. The number of aliphatic hydroxyl groups excluding tert-OH is 1. The van der Waals surface area contributed by atoms with Gasteiger partial charge in [0.2, 0.25) is 0 Å². The molecule has 2 saturated heterocycles. The van der Waals surface area contributed by atoms with Gasteiger partial charge in [-0.15, -0.1) is 0 Å². The molecule has 0 radical (unpaired) electrons. The van der Waals surface area contributed by atoms with Crippen molar-refractivity contribution in [2.75, 3.05) is 13.2 Å². The van der Waals surface area contributed by atoms with Crippen LogP contribution in [-0.4, -0.2) is 41.0 Å². The molecule has 2 aliphatic rings. The molecule has 2 aromatic rings. The van der Waals surface area contributed by atoms with Gasteiger partial charge in [-0.2, -0.15) is 0 Å². The summed E-state index contributed by atoms with van der Waals surface area (Å²) in [5.41, 5.74) is 3.68. The third-order valence-corrected chi connectivity index (χ3v) is 5.96. The number of hydrogen-bond acceptors (Lipinski definition) is 4. The fraction of sp³-hybridized carbons (Fsp3) is 0.360. The molecule has 0 spiro atoms. The Hall–Kier alpha value is -2.92. The highest BCUT2D eigenvalue weighted by atomic mass is 16.5. The van der Waals surface area contributed by atoms with Gasteiger partial charge < -0.3 is 14.7 Å². The first-order valence-electron chi connectivity index (χ1n) is 10.6. The Kier molecular flexibility index (Phi) is 5.73. The van der Waals surface area contributed by atoms with Crippen molar-refractivity contribution in [2.45, 2.75) is 45.3 Å². The lowest BCUT2D eigenvalue weighted by atomic mass is 9.94. The summed E-state index contributed by atoms with van der Waals surface area (Å²) >= 11 is 0. The summed E-state index contributed by atoms with van der Waals surface area (Å²) in [7, 11) is 0. The SMILES string of the molecule is CCc1ccc(/C(O)=C2/C(=O)C(=O)N(CC3CCCO3)C2c2cccc(C)c2)cc1. The molecule has 5 heteroatoms. The van der Waals surface area contributed by atoms with E-state index in [-0.39, 0.29) is 17.4 Å². The highest BCUT2D eigenvalue weighted by molar-refractivity contribution is 6.46. The molecular weight excluding hydrogens is 378 g/mol. The molecule has 4 rings (SSSR count). The number of aryl methyl sites for hydroxylation is 2. The quantitative estimate of drug-likeness (QED) is 0.461. The summed E-state index contributed by atoms with van der Waals surface area (Å²) < 4.78 is 5.73. The van der Waals surface area contributed by atoms with Gasteiger partial charge in [0.1, 0.15) is 5.76 Å². The predicted octanol–water partition coefficient (Wildman–Crippen LogP) is 4.16. The lowest BCUT2D eigenvalue weighted by Gasteiger charge is -2.27. The van der Waals surface area contributed by atoms with Crippen molar-refractivity contribution in [3.63, 3.8) is 0 Å². The molecule has 2 atom stereocenters. The molecule has 0 aliphatic carbocycles. The van der Waals surface area contributed by atoms with E-state index in [0.717, 1.165) is 36.0 Å². The van der Waals surface area contributed by atoms with Gasteiger partial charge >= 0.3 is 0 Å². The van der Waals surface area contributed by atoms with E-state index in [1.54, 1.807) is 17.0 Å². The molecule has 156 valence electrons. The number of Topliss-reactive ketones (excluding diaryl/α,β-unsaturated/α-hetero) is 1. The maximum absolute atomic E-state index is 13.0. The van der Waals surface area contributed by atoms with Crippen LogP contribution in [0, 0.1) is 6.92 Å². The zero-order chi connectivity index (χ0) is 21.3. The molecule has 5 nitrogen and oxygen atoms in total. The summed E-state index contributed by atoms with van der Waals surface area (Å²) in [6.07, 6.45) is 2.62. The summed E-state index contributed by atoms with van der Waals surface area (Å²) in [6.45, 7) is 5.05. The number of aliphatic hydroxyl groups is 1. The normalized spacial score (nSPS) is 23.3. The summed E-state index contributed by atoms with van der Waals surface area (Å²) in [5.74, 6) is -1.35. The van der Waals surface area contributed by atoms with Gasteiger partial charge in [0.15, 0.2) is 0 Å². The van der Waals surface area contributed by atoms with Crippen LogP contribution in [0.4, 0.5) is 0 Å². The first kappa shape index (κ1) is 20.4. The van der Waals surface area contributed by atoms with E-state index >= 15 is 0 Å². The Morgan fingerprint density at radius 1 is 1.17 bits per heavy atom. The van der Waals surface area contributed by atoms with Gasteiger partial charge in [0, 0.05) is 18.7 Å². The standard InChI is InChI=1S/C25H27NO4/c1-3-17-9-11-18(12-10-17)23(27)21-22(19-7-4-6-16(2)14-19)26(25(29)24(21)28)15-20-8-5-13-30-20/h4,6-7,9-12,14,20,22,27H,3,5,8,13,15H2,1-2H3/b23-21-. The smallest absolute Gasteiger partial charge is 0.295 e. The fourth-order valence-corrected chi connectivity index (χ4v) is 4.32. The van der Waals surface area contributed by atoms with Crippen molar-refractivity contribution in [2.24, 2.45) is 0 Å². The molecule has 2 unspecified atom stereocenters. The van der Waals surface area contributed by atoms with E-state index in [9.17, 15) is 14.7 Å². The van der Waals surface area contributed by atoms with Crippen LogP contribution in [0.3, 0.4) is 0 Å². The van der Waals surface area contributed by atoms with Crippen LogP contribution in [0.1, 0.15) is 48.1 Å². The van der Waals surface area contributed by atoms with Crippen molar-refractivity contribution in [1.82, 2.24) is 4.90 Å². The van der Waals surface area contributed by atoms with Crippen LogP contribution in [0.2, 0.25) is 0 Å². The van der Waals surface area contributed by atoms with Crippen molar-refractivity contribution >= 4 is 17.4 Å². The van der Waals surface area contributed by atoms with E-state index in [4.69, 9.17) is 4.74 Å². The van der Waals surface area contributed by atoms with Gasteiger partial charge in [-0.3, -0.25) is 9.59 Å². The Labute approximate surface area is 177 Å². The number of ketones is 1. The molecule has 2 fully saturated rings. The van der Waals surface area contributed by atoms with Crippen LogP contribution in [0.25, 0.3) is 5.76 Å². The van der Waals surface area contributed by atoms with Crippen molar-refractivity contribution < 1.29 is 19.4 Å². The van der Waals surface area contributed by atoms with E-state index in [1.165, 1.54) is 0 Å². The zero-order valence-corrected chi connectivity index (χ0v) is 17.4. The number of benzene rings is 2. The highest BCUT2D eigenvalue weighted by Crippen LogP contribution is 2.40. The average Bonchev–Trinajstić information content (AvgIpc) is 3.36. The monoisotopic (exact) mass is 405 g/mol. The number of ether oxygens (including phenoxy) is 1. The minimum Gasteiger partial charge on any atom is -0.507 e. The average molecular weight is 405 g/mol. The topological polar surface area (TPSA) is 66.8 Å². The van der Waals surface area contributed by atoms with Crippen molar-refractivity contribution in [1.29, 1.82) is 0 Å². The lowest BCUT2D eigenvalue weighted by Crippen LogP contribution is -2.36. The van der Waals surface area contributed by atoms with Gasteiger partial charge in [-0.1, -0.05) is 61.0 Å². The van der Waals surface area contributed by atoms with Gasteiger partial charge in [0.25, 0.3) is 11.7 Å². The van der Waals surface area contributed by atoms with Crippen LogP contribution >= 0.6 is 0 Å². The van der Waals surface area contributed by atoms with Crippen molar-refractivity contribution in [3.8, 4) is 0 Å². The summed E-state index contributed by atoms with van der Waals surface area (Å²) in [5, 5.41) is 11.1. The molecular formula is C25H27NO4. The molecule has 1 N–H and O–H groups in total. The Bertz CT molecular complexity index is 986. The largest absolute Gasteiger partial charge is 0.507 e. The van der Waals surface area contributed by atoms with Crippen LogP contribution in [0.5, 0.6) is 0 Å². The van der Waals surface area contributed by atoms with Crippen LogP contribution in [0.15, 0.2) is 54.1 Å². The summed E-state index contributed by atoms with van der Waals surface area (Å²) in [6, 6.07) is 14.6. The molecule has 2 heterocycles. The molecule has 0 bridgehead atoms. The zero-order valence-electron chi connectivity index (χ0n) is 17.4. The van der Waals surface area contributed by atoms with Gasteiger partial charge in [-0.25, -0.2) is 0 Å². The van der Waals surface area contributed by atoms with Crippen molar-refractivity contribution in [3.05, 3.63) is 76.4 Å². The number of likely N-dealkylation sites (tertiary alicyclic amines) is 1. The molecule has 1 amide bonds. The maximum atomic E-state index is 13.0. The van der Waals surface area contributed by atoms with E-state index in [1.807, 2.05) is 43.3 Å². The second-order valence-electron chi connectivity index (χ2n) is 8.05. The molecule has 0 aromatic heterocycles. The van der Waals surface area contributed by atoms with E-state index in [2.05, 4.69) is 6.92 Å². The Balaban J connectivity index is 1.81. The predicted molar refractivity (Wildman–Crippen MR) is 115 cm³/mol. The minimum atomic E-state index is -0.642. The van der Waals surface area contributed by atoms with Crippen LogP contribution in [-0.2, 0) is 20.7 Å². The van der Waals surface area contributed by atoms with Gasteiger partial charge in [0.05, 0.1) is 17.7 Å². The number of amides is 1. The molecule has 0 saturated carbocycles. The minimum absolute atomic E-state index is 0.0839. The number of carbonyl (C=O) groups excluding carboxylic acids is 2. The van der Waals surface area contributed by atoms with E-state index in [0.29, 0.717) is 18.7 Å². The second kappa shape index (κ2) is 8.44. The Morgan fingerprint density at radius 3 is 2.57 bits per heavy atom. The number of rotatable bonds is 5. The van der Waals surface area contributed by atoms with E-state index < -0.39 is 17.7 Å². The maximum Gasteiger partial charge on any atom is 0.295 e. The first-order chi connectivity index (χ1) is 14.5. The third kappa shape index (κ3) is 3.77. The second-order valence-corrected chi connectivity index (χ2v) is 8.05. The van der Waals surface area contributed by atoms with Crippen LogP contribution < -0.4 is 0 Å².